The summed E-state index contributed by atoms with van der Waals surface area (Å²) in [7, 11) is 1.55. The Kier molecular flexibility index (Phi) is 4.85. The molecule has 0 amide bonds. The molecule has 34 heavy (non-hydrogen) atoms. The fraction of sp³-hybridized carbons (Fsp3) is 0.185. The van der Waals surface area contributed by atoms with Gasteiger partial charge >= 0.3 is 6.01 Å². The zero-order valence-corrected chi connectivity index (χ0v) is 18.8. The van der Waals surface area contributed by atoms with Gasteiger partial charge in [0.15, 0.2) is 5.65 Å². The van der Waals surface area contributed by atoms with Crippen molar-refractivity contribution < 1.29 is 4.74 Å². The quantitative estimate of drug-likeness (QED) is 0.413. The maximum atomic E-state index is 6.55. The number of nitrogens with two attached hydrogens (primary N) is 1. The van der Waals surface area contributed by atoms with Crippen molar-refractivity contribution in [3.8, 4) is 39.5 Å². The maximum Gasteiger partial charge on any atom is 0.316 e. The average Bonchev–Trinajstić information content (AvgIpc) is 3.30. The molecule has 6 rings (SSSR count). The Morgan fingerprint density at radius 3 is 2.24 bits per heavy atom. The third-order valence-corrected chi connectivity index (χ3v) is 6.68. The molecule has 168 valence electrons. The summed E-state index contributed by atoms with van der Waals surface area (Å²) in [5.41, 5.74) is 14.0. The maximum absolute atomic E-state index is 6.55. The Morgan fingerprint density at radius 1 is 0.853 bits per heavy atom. The van der Waals surface area contributed by atoms with Gasteiger partial charge < -0.3 is 10.5 Å². The molecule has 0 radical (unpaired) electrons. The molecule has 0 unspecified atom stereocenters. The van der Waals surface area contributed by atoms with Gasteiger partial charge in [0.05, 0.1) is 19.0 Å². The second kappa shape index (κ2) is 8.04. The van der Waals surface area contributed by atoms with Crippen LogP contribution >= 0.6 is 0 Å². The van der Waals surface area contributed by atoms with Crippen molar-refractivity contribution in [2.24, 2.45) is 5.73 Å². The highest BCUT2D eigenvalue weighted by Crippen LogP contribution is 2.40. The van der Waals surface area contributed by atoms with Crippen molar-refractivity contribution in [3.05, 3.63) is 84.9 Å². The van der Waals surface area contributed by atoms with Crippen LogP contribution in [0.1, 0.15) is 24.8 Å². The summed E-state index contributed by atoms with van der Waals surface area (Å²) >= 11 is 0. The Labute approximate surface area is 197 Å². The number of hydrogen-bond donors (Lipinski definition) is 1. The fourth-order valence-corrected chi connectivity index (χ4v) is 4.53. The van der Waals surface area contributed by atoms with Crippen LogP contribution in [0, 0.1) is 0 Å². The number of rotatable bonds is 5. The highest BCUT2D eigenvalue weighted by molar-refractivity contribution is 5.85. The number of methoxy groups -OCH3 is 1. The van der Waals surface area contributed by atoms with E-state index in [0.29, 0.717) is 6.01 Å². The molecule has 3 aromatic heterocycles. The lowest BCUT2D eigenvalue weighted by molar-refractivity contribution is 0.253. The molecule has 1 aliphatic rings. The first kappa shape index (κ1) is 20.5. The molecule has 1 fully saturated rings. The van der Waals surface area contributed by atoms with E-state index in [0.717, 1.165) is 52.0 Å². The van der Waals surface area contributed by atoms with E-state index >= 15 is 0 Å². The second-order valence-corrected chi connectivity index (χ2v) is 8.74. The SMILES string of the molecule is COc1ncc(-c2cnn3cc(-c4ccccc4)c(-c4ccc(C5(N)CCC5)cc4)nc23)cn1. The molecule has 2 N–H and O–H groups in total. The summed E-state index contributed by atoms with van der Waals surface area (Å²) in [6.45, 7) is 0. The first-order chi connectivity index (χ1) is 16.6. The molecule has 7 heteroatoms. The molecule has 1 saturated carbocycles. The topological polar surface area (TPSA) is 91.2 Å². The van der Waals surface area contributed by atoms with Crippen molar-refractivity contribution in [2.45, 2.75) is 24.8 Å². The predicted octanol–water partition coefficient (Wildman–Crippen LogP) is 4.87. The van der Waals surface area contributed by atoms with Crippen molar-refractivity contribution in [2.75, 3.05) is 7.11 Å². The predicted molar refractivity (Wildman–Crippen MR) is 131 cm³/mol. The van der Waals surface area contributed by atoms with E-state index in [9.17, 15) is 0 Å². The summed E-state index contributed by atoms with van der Waals surface area (Å²) in [6.07, 6.45) is 10.5. The lowest BCUT2D eigenvalue weighted by Gasteiger charge is -2.38. The van der Waals surface area contributed by atoms with Crippen molar-refractivity contribution >= 4 is 5.65 Å². The number of aromatic nitrogens is 5. The van der Waals surface area contributed by atoms with E-state index in [2.05, 4.69) is 51.5 Å². The van der Waals surface area contributed by atoms with Gasteiger partial charge in [-0.05, 0) is 30.4 Å². The number of hydrogen-bond acceptors (Lipinski definition) is 6. The first-order valence-corrected chi connectivity index (χ1v) is 11.3. The van der Waals surface area contributed by atoms with E-state index in [1.807, 2.05) is 28.9 Å². The van der Waals surface area contributed by atoms with Crippen LogP contribution in [0.15, 0.2) is 79.4 Å². The van der Waals surface area contributed by atoms with Crippen molar-refractivity contribution in [1.29, 1.82) is 0 Å². The third-order valence-electron chi connectivity index (χ3n) is 6.68. The summed E-state index contributed by atoms with van der Waals surface area (Å²) in [5.74, 6) is 0. The minimum atomic E-state index is -0.189. The van der Waals surface area contributed by atoms with Gasteiger partial charge in [-0.1, -0.05) is 54.6 Å². The molecule has 0 spiro atoms. The fourth-order valence-electron chi connectivity index (χ4n) is 4.53. The van der Waals surface area contributed by atoms with Gasteiger partial charge in [0.1, 0.15) is 0 Å². The smallest absolute Gasteiger partial charge is 0.316 e. The van der Waals surface area contributed by atoms with E-state index in [-0.39, 0.29) is 5.54 Å². The minimum absolute atomic E-state index is 0.189. The van der Waals surface area contributed by atoms with Crippen LogP contribution in [-0.2, 0) is 5.54 Å². The molecule has 5 aromatic rings. The summed E-state index contributed by atoms with van der Waals surface area (Å²) in [4.78, 5) is 13.6. The number of nitrogens with zero attached hydrogens (tertiary/aromatic N) is 5. The van der Waals surface area contributed by atoms with Gasteiger partial charge in [0.2, 0.25) is 0 Å². The van der Waals surface area contributed by atoms with Crippen LogP contribution in [0.4, 0.5) is 0 Å². The number of fused-ring (bicyclic) bond motifs is 1. The second-order valence-electron chi connectivity index (χ2n) is 8.74. The van der Waals surface area contributed by atoms with Crippen LogP contribution in [-0.4, -0.2) is 31.7 Å². The largest absolute Gasteiger partial charge is 0.467 e. The lowest BCUT2D eigenvalue weighted by Crippen LogP contribution is -2.43. The molecule has 7 nitrogen and oxygen atoms in total. The summed E-state index contributed by atoms with van der Waals surface area (Å²) in [5, 5.41) is 4.57. The zero-order chi connectivity index (χ0) is 23.1. The Balaban J connectivity index is 1.51. The van der Waals surface area contributed by atoms with Gasteiger partial charge in [0.25, 0.3) is 0 Å². The Hall–Kier alpha value is -4.10. The van der Waals surface area contributed by atoms with Gasteiger partial charge in [0, 0.05) is 46.4 Å². The van der Waals surface area contributed by atoms with E-state index < -0.39 is 0 Å². The Morgan fingerprint density at radius 2 is 1.59 bits per heavy atom. The molecule has 0 atom stereocenters. The monoisotopic (exact) mass is 448 g/mol. The molecule has 0 saturated heterocycles. The molecule has 3 heterocycles. The van der Waals surface area contributed by atoms with Crippen LogP contribution in [0.5, 0.6) is 6.01 Å². The number of benzene rings is 2. The molecular formula is C27H24N6O. The average molecular weight is 449 g/mol. The van der Waals surface area contributed by atoms with Gasteiger partial charge in [-0.25, -0.2) is 19.5 Å². The highest BCUT2D eigenvalue weighted by Gasteiger charge is 2.34. The highest BCUT2D eigenvalue weighted by atomic mass is 16.5. The van der Waals surface area contributed by atoms with Crippen molar-refractivity contribution in [3.63, 3.8) is 0 Å². The molecular weight excluding hydrogens is 424 g/mol. The van der Waals surface area contributed by atoms with Gasteiger partial charge in [-0.15, -0.1) is 0 Å². The van der Waals surface area contributed by atoms with Gasteiger partial charge in [-0.2, -0.15) is 5.10 Å². The zero-order valence-electron chi connectivity index (χ0n) is 18.8. The summed E-state index contributed by atoms with van der Waals surface area (Å²) < 4.78 is 6.90. The van der Waals surface area contributed by atoms with Crippen LogP contribution < -0.4 is 10.5 Å². The number of ether oxygens (including phenoxy) is 1. The molecule has 0 aliphatic heterocycles. The Bertz CT molecular complexity index is 1460. The standard InChI is InChI=1S/C27H24N6O/c1-34-26-29-14-20(15-30-26)22-16-31-33-17-23(18-6-3-2-4-7-18)24(32-25(22)33)19-8-10-21(11-9-19)27(28)12-5-13-27/h2-4,6-11,14-17H,5,12-13,28H2,1H3. The van der Waals surface area contributed by atoms with Crippen molar-refractivity contribution in [1.82, 2.24) is 24.6 Å². The molecule has 0 bridgehead atoms. The lowest BCUT2D eigenvalue weighted by atomic mass is 9.72. The summed E-state index contributed by atoms with van der Waals surface area (Å²) in [6, 6.07) is 19.1. The van der Waals surface area contributed by atoms with Gasteiger partial charge in [-0.3, -0.25) is 0 Å². The minimum Gasteiger partial charge on any atom is -0.467 e. The third kappa shape index (κ3) is 3.41. The molecule has 2 aromatic carbocycles. The normalized spacial score (nSPS) is 14.6. The molecule has 1 aliphatic carbocycles. The van der Waals surface area contributed by atoms with E-state index in [1.165, 1.54) is 12.0 Å². The van der Waals surface area contributed by atoms with Crippen LogP contribution in [0.3, 0.4) is 0 Å². The van der Waals surface area contributed by atoms with E-state index in [1.54, 1.807) is 25.7 Å². The van der Waals surface area contributed by atoms with E-state index in [4.69, 9.17) is 15.5 Å². The first-order valence-electron chi connectivity index (χ1n) is 11.3. The van der Waals surface area contributed by atoms with Crippen LogP contribution in [0.25, 0.3) is 39.2 Å². The van der Waals surface area contributed by atoms with Crippen LogP contribution in [0.2, 0.25) is 0 Å².